The van der Waals surface area contributed by atoms with Crippen molar-refractivity contribution in [3.63, 3.8) is 0 Å². The van der Waals surface area contributed by atoms with Crippen LogP contribution in [0.25, 0.3) is 5.69 Å². The van der Waals surface area contributed by atoms with Crippen LogP contribution in [0, 0.1) is 0 Å². The first-order valence-corrected chi connectivity index (χ1v) is 5.75. The van der Waals surface area contributed by atoms with Gasteiger partial charge < -0.3 is 10.5 Å². The number of para-hydroxylation sites is 1. The van der Waals surface area contributed by atoms with E-state index in [1.54, 1.807) is 23.9 Å². The first-order chi connectivity index (χ1) is 9.06. The predicted molar refractivity (Wildman–Crippen MR) is 71.1 cm³/mol. The van der Waals surface area contributed by atoms with Gasteiger partial charge in [-0.2, -0.15) is 0 Å². The van der Waals surface area contributed by atoms with Crippen molar-refractivity contribution in [3.8, 4) is 5.69 Å². The Hall–Kier alpha value is -2.50. The van der Waals surface area contributed by atoms with Crippen molar-refractivity contribution in [3.05, 3.63) is 46.4 Å². The molecule has 0 radical (unpaired) electrons. The second kappa shape index (κ2) is 5.01. The molecule has 0 spiro atoms. The molecule has 6 heteroatoms. The average molecular weight is 261 g/mol. The molecule has 1 heterocycles. The summed E-state index contributed by atoms with van der Waals surface area (Å²) >= 11 is 0. The summed E-state index contributed by atoms with van der Waals surface area (Å²) in [6, 6.07) is 9.09. The molecule has 2 N–H and O–H groups in total. The minimum atomic E-state index is -0.437. The van der Waals surface area contributed by atoms with Crippen molar-refractivity contribution in [2.24, 2.45) is 7.05 Å². The lowest BCUT2D eigenvalue weighted by Gasteiger charge is -2.09. The van der Waals surface area contributed by atoms with Crippen LogP contribution in [0.3, 0.4) is 0 Å². The third kappa shape index (κ3) is 2.24. The van der Waals surface area contributed by atoms with Gasteiger partial charge in [-0.1, -0.05) is 18.2 Å². The fraction of sp³-hybridized carbons (Fsp3) is 0.231. The maximum Gasteiger partial charge on any atom is 0.311 e. The minimum absolute atomic E-state index is 0.0338. The highest BCUT2D eigenvalue weighted by Crippen LogP contribution is 2.13. The molecule has 0 saturated heterocycles. The number of esters is 1. The normalized spacial score (nSPS) is 10.4. The molecule has 0 aliphatic rings. The van der Waals surface area contributed by atoms with Gasteiger partial charge in [-0.05, 0) is 12.1 Å². The van der Waals surface area contributed by atoms with Crippen molar-refractivity contribution < 1.29 is 9.53 Å². The molecule has 0 unspecified atom stereocenters. The smallest absolute Gasteiger partial charge is 0.311 e. The second-order valence-electron chi connectivity index (χ2n) is 4.09. The number of benzene rings is 1. The van der Waals surface area contributed by atoms with Gasteiger partial charge in [0.05, 0.1) is 24.9 Å². The van der Waals surface area contributed by atoms with E-state index in [1.165, 1.54) is 11.8 Å². The predicted octanol–water partition coefficient (Wildman–Crippen LogP) is 0.474. The molecule has 2 aromatic rings. The monoisotopic (exact) mass is 261 g/mol. The number of carbonyl (C=O) groups excluding carboxylic acids is 1. The second-order valence-corrected chi connectivity index (χ2v) is 4.09. The maximum atomic E-state index is 12.1. The van der Waals surface area contributed by atoms with Crippen LogP contribution in [0.15, 0.2) is 35.1 Å². The Bertz CT molecular complexity index is 656. The molecule has 0 bridgehead atoms. The summed E-state index contributed by atoms with van der Waals surface area (Å²) in [7, 11) is 2.98. The van der Waals surface area contributed by atoms with Gasteiger partial charge in [-0.3, -0.25) is 14.3 Å². The molecule has 19 heavy (non-hydrogen) atoms. The molecule has 0 saturated carbocycles. The van der Waals surface area contributed by atoms with Crippen LogP contribution in [0.5, 0.6) is 0 Å². The Morgan fingerprint density at radius 1 is 1.32 bits per heavy atom. The molecular weight excluding hydrogens is 246 g/mol. The van der Waals surface area contributed by atoms with E-state index in [2.05, 4.69) is 4.74 Å². The van der Waals surface area contributed by atoms with Gasteiger partial charge >= 0.3 is 5.97 Å². The van der Waals surface area contributed by atoms with Crippen LogP contribution in [0.1, 0.15) is 5.69 Å². The van der Waals surface area contributed by atoms with E-state index in [9.17, 15) is 9.59 Å². The van der Waals surface area contributed by atoms with E-state index in [0.29, 0.717) is 11.4 Å². The number of hydrogen-bond acceptors (Lipinski definition) is 4. The van der Waals surface area contributed by atoms with Crippen molar-refractivity contribution in [2.75, 3.05) is 12.8 Å². The average Bonchev–Trinajstić information content (AvgIpc) is 2.63. The van der Waals surface area contributed by atoms with Gasteiger partial charge in [-0.25, -0.2) is 4.68 Å². The van der Waals surface area contributed by atoms with Gasteiger partial charge in [0.1, 0.15) is 5.69 Å². The van der Waals surface area contributed by atoms with Crippen molar-refractivity contribution >= 4 is 11.7 Å². The molecule has 0 fully saturated rings. The first kappa shape index (κ1) is 12.9. The lowest BCUT2D eigenvalue weighted by atomic mass is 10.3. The molecule has 6 nitrogen and oxygen atoms in total. The maximum absolute atomic E-state index is 12.1. The number of rotatable bonds is 3. The van der Waals surface area contributed by atoms with Crippen LogP contribution in [0.2, 0.25) is 0 Å². The van der Waals surface area contributed by atoms with E-state index in [4.69, 9.17) is 5.73 Å². The number of aromatic nitrogens is 2. The van der Waals surface area contributed by atoms with Crippen LogP contribution < -0.4 is 11.3 Å². The lowest BCUT2D eigenvalue weighted by molar-refractivity contribution is -0.139. The lowest BCUT2D eigenvalue weighted by Crippen LogP contribution is -2.20. The van der Waals surface area contributed by atoms with Crippen LogP contribution in [-0.2, 0) is 23.0 Å². The van der Waals surface area contributed by atoms with E-state index >= 15 is 0 Å². The van der Waals surface area contributed by atoms with Crippen molar-refractivity contribution in [2.45, 2.75) is 6.42 Å². The molecule has 1 aromatic heterocycles. The number of ether oxygens (including phenoxy) is 1. The van der Waals surface area contributed by atoms with Crippen LogP contribution >= 0.6 is 0 Å². The van der Waals surface area contributed by atoms with Crippen molar-refractivity contribution in [1.82, 2.24) is 9.36 Å². The highest BCUT2D eigenvalue weighted by molar-refractivity contribution is 5.73. The number of carbonyl (C=O) groups is 1. The summed E-state index contributed by atoms with van der Waals surface area (Å²) in [5, 5.41) is 0. The Morgan fingerprint density at radius 2 is 1.95 bits per heavy atom. The Labute approximate surface area is 110 Å². The number of nitrogens with zero attached hydrogens (tertiary/aromatic N) is 2. The molecular formula is C13H15N3O3. The summed E-state index contributed by atoms with van der Waals surface area (Å²) in [4.78, 5) is 23.5. The Balaban J connectivity index is 2.56. The fourth-order valence-electron chi connectivity index (χ4n) is 1.95. The van der Waals surface area contributed by atoms with E-state index in [1.807, 2.05) is 18.2 Å². The SMILES string of the molecule is COC(=O)Cc1c(N)c(=O)n(-c2ccccc2)n1C. The van der Waals surface area contributed by atoms with Gasteiger partial charge in [0.25, 0.3) is 5.56 Å². The van der Waals surface area contributed by atoms with Gasteiger partial charge in [0.15, 0.2) is 0 Å². The quantitative estimate of drug-likeness (QED) is 0.815. The topological polar surface area (TPSA) is 79.2 Å². The summed E-state index contributed by atoms with van der Waals surface area (Å²) in [5.74, 6) is -0.437. The zero-order chi connectivity index (χ0) is 14.0. The minimum Gasteiger partial charge on any atom is -0.469 e. The number of hydrogen-bond donors (Lipinski definition) is 1. The molecule has 100 valence electrons. The van der Waals surface area contributed by atoms with Crippen molar-refractivity contribution in [1.29, 1.82) is 0 Å². The molecule has 2 rings (SSSR count). The third-order valence-electron chi connectivity index (χ3n) is 2.96. The third-order valence-corrected chi connectivity index (χ3v) is 2.96. The summed E-state index contributed by atoms with van der Waals surface area (Å²) in [6.07, 6.45) is -0.0338. The standard InChI is InChI=1S/C13H15N3O3/c1-15-10(8-11(17)19-2)12(14)13(18)16(15)9-6-4-3-5-7-9/h3-7H,8,14H2,1-2H3. The van der Waals surface area contributed by atoms with Gasteiger partial charge in [-0.15, -0.1) is 0 Å². The Morgan fingerprint density at radius 3 is 2.53 bits per heavy atom. The summed E-state index contributed by atoms with van der Waals surface area (Å²) in [5.41, 5.74) is 6.65. The van der Waals surface area contributed by atoms with Crippen LogP contribution in [0.4, 0.5) is 5.69 Å². The first-order valence-electron chi connectivity index (χ1n) is 5.75. The van der Waals surface area contributed by atoms with Gasteiger partial charge in [0.2, 0.25) is 0 Å². The Kier molecular flexibility index (Phi) is 3.41. The number of nitrogens with two attached hydrogens (primary N) is 1. The van der Waals surface area contributed by atoms with E-state index < -0.39 is 5.97 Å². The van der Waals surface area contributed by atoms with E-state index in [0.717, 1.165) is 0 Å². The largest absolute Gasteiger partial charge is 0.469 e. The van der Waals surface area contributed by atoms with Gasteiger partial charge in [0, 0.05) is 7.05 Å². The number of nitrogen functional groups attached to an aromatic ring is 1. The highest BCUT2D eigenvalue weighted by Gasteiger charge is 2.18. The molecule has 1 aromatic carbocycles. The van der Waals surface area contributed by atoms with E-state index in [-0.39, 0.29) is 17.7 Å². The molecule has 0 atom stereocenters. The molecule has 0 aliphatic carbocycles. The zero-order valence-electron chi connectivity index (χ0n) is 10.8. The number of anilines is 1. The van der Waals surface area contributed by atoms with Crippen LogP contribution in [-0.4, -0.2) is 22.4 Å². The summed E-state index contributed by atoms with van der Waals surface area (Å²) in [6.45, 7) is 0. The summed E-state index contributed by atoms with van der Waals surface area (Å²) < 4.78 is 7.60. The molecule has 0 aliphatic heterocycles. The fourth-order valence-corrected chi connectivity index (χ4v) is 1.95. The molecule has 0 amide bonds. The number of methoxy groups -OCH3 is 1. The zero-order valence-corrected chi connectivity index (χ0v) is 10.8. The highest BCUT2D eigenvalue weighted by atomic mass is 16.5.